The maximum Gasteiger partial charge on any atom is 0.262 e. The van der Waals surface area contributed by atoms with Crippen molar-refractivity contribution in [2.75, 3.05) is 30.3 Å². The highest BCUT2D eigenvalue weighted by Crippen LogP contribution is 2.26. The Bertz CT molecular complexity index is 928. The van der Waals surface area contributed by atoms with E-state index in [1.54, 1.807) is 36.4 Å². The van der Waals surface area contributed by atoms with Gasteiger partial charge in [-0.2, -0.15) is 0 Å². The quantitative estimate of drug-likeness (QED) is 0.592. The Morgan fingerprint density at radius 2 is 2.07 bits per heavy atom. The van der Waals surface area contributed by atoms with Gasteiger partial charge in [-0.1, -0.05) is 18.2 Å². The number of ether oxygens (including phenoxy) is 2. The second-order valence-corrected chi connectivity index (χ2v) is 8.39. The lowest BCUT2D eigenvalue weighted by atomic mass is 10.2. The van der Waals surface area contributed by atoms with E-state index in [1.807, 2.05) is 0 Å². The van der Waals surface area contributed by atoms with Crippen molar-refractivity contribution in [2.24, 2.45) is 0 Å². The number of anilines is 2. The van der Waals surface area contributed by atoms with Crippen molar-refractivity contribution >= 4 is 38.7 Å². The first-order chi connectivity index (χ1) is 13.5. The monoisotopic (exact) mass is 421 g/mol. The average molecular weight is 422 g/mol. The Labute approximate surface area is 170 Å². The van der Waals surface area contributed by atoms with Crippen molar-refractivity contribution in [3.8, 4) is 5.75 Å². The molecule has 0 bridgehead atoms. The van der Waals surface area contributed by atoms with Gasteiger partial charge >= 0.3 is 0 Å². The summed E-state index contributed by atoms with van der Waals surface area (Å²) in [5.41, 5.74) is 0.949. The SMILES string of the molecule is COc1ccccc1NS(=O)(=O)c1cccc(NC(=S)NC[C@H]2CCCO2)c1. The molecule has 1 fully saturated rings. The Morgan fingerprint density at radius 3 is 2.82 bits per heavy atom. The third-order valence-corrected chi connectivity index (χ3v) is 5.88. The zero-order chi connectivity index (χ0) is 20.0. The van der Waals surface area contributed by atoms with Gasteiger partial charge < -0.3 is 20.1 Å². The molecule has 0 saturated carbocycles. The Morgan fingerprint density at radius 1 is 1.25 bits per heavy atom. The second-order valence-electron chi connectivity index (χ2n) is 6.30. The topological polar surface area (TPSA) is 88.7 Å². The summed E-state index contributed by atoms with van der Waals surface area (Å²) in [5, 5.41) is 6.53. The van der Waals surface area contributed by atoms with Crippen LogP contribution in [-0.4, -0.2) is 39.9 Å². The molecule has 9 heteroatoms. The molecular weight excluding hydrogens is 398 g/mol. The maximum absolute atomic E-state index is 12.7. The fraction of sp³-hybridized carbons (Fsp3) is 0.316. The van der Waals surface area contributed by atoms with Crippen LogP contribution in [0, 0.1) is 0 Å². The summed E-state index contributed by atoms with van der Waals surface area (Å²) in [5.74, 6) is 0.444. The van der Waals surface area contributed by atoms with E-state index in [1.165, 1.54) is 19.2 Å². The van der Waals surface area contributed by atoms with Crippen LogP contribution >= 0.6 is 12.2 Å². The molecule has 0 spiro atoms. The zero-order valence-corrected chi connectivity index (χ0v) is 17.1. The van der Waals surface area contributed by atoms with Crippen molar-refractivity contribution in [3.05, 3.63) is 48.5 Å². The number of thiocarbonyl (C=S) groups is 1. The molecule has 1 atom stereocenters. The first kappa shape index (κ1) is 20.4. The standard InChI is InChI=1S/C19H23N3O4S2/c1-25-18-10-3-2-9-17(18)22-28(23,24)16-8-4-6-14(12-16)21-19(27)20-13-15-7-5-11-26-15/h2-4,6,8-10,12,15,22H,5,7,11,13H2,1H3,(H2,20,21,27)/t15-/m1/s1. The lowest BCUT2D eigenvalue weighted by molar-refractivity contribution is 0.114. The summed E-state index contributed by atoms with van der Waals surface area (Å²) in [7, 11) is -2.29. The van der Waals surface area contributed by atoms with Crippen LogP contribution in [0.4, 0.5) is 11.4 Å². The normalized spacial score (nSPS) is 16.4. The van der Waals surface area contributed by atoms with Crippen LogP contribution in [0.5, 0.6) is 5.75 Å². The molecule has 0 radical (unpaired) electrons. The Hall–Kier alpha value is -2.36. The molecule has 0 aliphatic carbocycles. The number of sulfonamides is 1. The van der Waals surface area contributed by atoms with Crippen LogP contribution in [-0.2, 0) is 14.8 Å². The fourth-order valence-corrected chi connectivity index (χ4v) is 4.18. The molecular formula is C19H23N3O4S2. The van der Waals surface area contributed by atoms with Gasteiger partial charge in [0.15, 0.2) is 5.11 Å². The molecule has 2 aromatic rings. The number of nitrogens with one attached hydrogen (secondary N) is 3. The molecule has 1 aliphatic rings. The maximum atomic E-state index is 12.7. The third kappa shape index (κ3) is 5.34. The molecule has 1 heterocycles. The van der Waals surface area contributed by atoms with Crippen LogP contribution in [0.3, 0.4) is 0 Å². The van der Waals surface area contributed by atoms with Gasteiger partial charge in [0.1, 0.15) is 5.75 Å². The predicted octanol–water partition coefficient (Wildman–Crippen LogP) is 2.96. The van der Waals surface area contributed by atoms with Gasteiger partial charge in [-0.3, -0.25) is 4.72 Å². The van der Waals surface area contributed by atoms with Crippen molar-refractivity contribution in [2.45, 2.75) is 23.8 Å². The van der Waals surface area contributed by atoms with Gasteiger partial charge in [0, 0.05) is 18.8 Å². The summed E-state index contributed by atoms with van der Waals surface area (Å²) in [6.07, 6.45) is 2.24. The Balaban J connectivity index is 1.66. The van der Waals surface area contributed by atoms with Gasteiger partial charge in [0.25, 0.3) is 10.0 Å². The van der Waals surface area contributed by atoms with E-state index in [0.717, 1.165) is 19.4 Å². The van der Waals surface area contributed by atoms with Gasteiger partial charge in [-0.15, -0.1) is 0 Å². The summed E-state index contributed by atoms with van der Waals surface area (Å²) < 4.78 is 38.8. The molecule has 7 nitrogen and oxygen atoms in total. The number of hydrogen-bond acceptors (Lipinski definition) is 5. The number of benzene rings is 2. The molecule has 0 unspecified atom stereocenters. The lowest BCUT2D eigenvalue weighted by Gasteiger charge is -2.15. The minimum atomic E-state index is -3.78. The van der Waals surface area contributed by atoms with E-state index in [2.05, 4.69) is 15.4 Å². The van der Waals surface area contributed by atoms with E-state index in [9.17, 15) is 8.42 Å². The lowest BCUT2D eigenvalue weighted by Crippen LogP contribution is -2.34. The predicted molar refractivity (Wildman–Crippen MR) is 113 cm³/mol. The number of hydrogen-bond donors (Lipinski definition) is 3. The van der Waals surface area contributed by atoms with E-state index in [4.69, 9.17) is 21.7 Å². The third-order valence-electron chi connectivity index (χ3n) is 4.27. The summed E-state index contributed by atoms with van der Waals surface area (Å²) in [6.45, 7) is 1.41. The van der Waals surface area contributed by atoms with Crippen LogP contribution < -0.4 is 20.1 Å². The molecule has 150 valence electrons. The van der Waals surface area contributed by atoms with E-state index < -0.39 is 10.0 Å². The molecule has 3 rings (SSSR count). The molecule has 1 saturated heterocycles. The van der Waals surface area contributed by atoms with Crippen molar-refractivity contribution in [3.63, 3.8) is 0 Å². The van der Waals surface area contributed by atoms with E-state index >= 15 is 0 Å². The molecule has 1 aliphatic heterocycles. The molecule has 0 aromatic heterocycles. The largest absolute Gasteiger partial charge is 0.495 e. The van der Waals surface area contributed by atoms with Crippen molar-refractivity contribution < 1.29 is 17.9 Å². The van der Waals surface area contributed by atoms with E-state index in [-0.39, 0.29) is 11.0 Å². The van der Waals surface area contributed by atoms with Crippen molar-refractivity contribution in [1.29, 1.82) is 0 Å². The zero-order valence-electron chi connectivity index (χ0n) is 15.5. The van der Waals surface area contributed by atoms with Crippen LogP contribution in [0.2, 0.25) is 0 Å². The minimum Gasteiger partial charge on any atom is -0.495 e. The van der Waals surface area contributed by atoms with Gasteiger partial charge in [0.05, 0.1) is 23.8 Å². The highest BCUT2D eigenvalue weighted by molar-refractivity contribution is 7.92. The number of rotatable bonds is 7. The number of methoxy groups -OCH3 is 1. The van der Waals surface area contributed by atoms with Crippen LogP contribution in [0.1, 0.15) is 12.8 Å². The van der Waals surface area contributed by atoms with Crippen LogP contribution in [0.15, 0.2) is 53.4 Å². The molecule has 28 heavy (non-hydrogen) atoms. The first-order valence-corrected chi connectivity index (χ1v) is 10.8. The average Bonchev–Trinajstić information content (AvgIpc) is 3.20. The minimum absolute atomic E-state index is 0.116. The first-order valence-electron chi connectivity index (χ1n) is 8.90. The van der Waals surface area contributed by atoms with Crippen molar-refractivity contribution in [1.82, 2.24) is 5.32 Å². The highest BCUT2D eigenvalue weighted by Gasteiger charge is 2.18. The summed E-state index contributed by atoms with van der Waals surface area (Å²) in [6, 6.07) is 13.3. The van der Waals surface area contributed by atoms with E-state index in [0.29, 0.717) is 28.8 Å². The summed E-state index contributed by atoms with van der Waals surface area (Å²) >= 11 is 5.29. The van der Waals surface area contributed by atoms with Crippen LogP contribution in [0.25, 0.3) is 0 Å². The molecule has 3 N–H and O–H groups in total. The van der Waals surface area contributed by atoms with Gasteiger partial charge in [-0.05, 0) is 55.4 Å². The molecule has 0 amide bonds. The van der Waals surface area contributed by atoms with Gasteiger partial charge in [-0.25, -0.2) is 8.42 Å². The summed E-state index contributed by atoms with van der Waals surface area (Å²) in [4.78, 5) is 0.116. The molecule has 2 aromatic carbocycles. The Kier molecular flexibility index (Phi) is 6.71. The smallest absolute Gasteiger partial charge is 0.262 e. The second kappa shape index (κ2) is 9.22. The highest BCUT2D eigenvalue weighted by atomic mass is 32.2. The number of para-hydroxylation sites is 2. The fourth-order valence-electron chi connectivity index (χ4n) is 2.86. The van der Waals surface area contributed by atoms with Gasteiger partial charge in [0.2, 0.25) is 0 Å².